The summed E-state index contributed by atoms with van der Waals surface area (Å²) < 4.78 is 9.20. The summed E-state index contributed by atoms with van der Waals surface area (Å²) in [6.45, 7) is 4.40. The molecular formula is C16H18N4O3S. The first-order valence-corrected chi connectivity index (χ1v) is 8.35. The molecule has 0 bridgehead atoms. The van der Waals surface area contributed by atoms with Crippen LogP contribution in [0.3, 0.4) is 0 Å². The van der Waals surface area contributed by atoms with Gasteiger partial charge in [-0.2, -0.15) is 5.10 Å². The normalized spacial score (nSPS) is 11.0. The fourth-order valence-electron chi connectivity index (χ4n) is 2.82. The third-order valence-corrected chi connectivity index (χ3v) is 4.76. The van der Waals surface area contributed by atoms with Crippen LogP contribution in [0, 0.1) is 6.92 Å². The van der Waals surface area contributed by atoms with Gasteiger partial charge in [-0.1, -0.05) is 0 Å². The fraction of sp³-hybridized carbons (Fsp3) is 0.312. The number of nitrogens with one attached hydrogen (secondary N) is 1. The smallest absolute Gasteiger partial charge is 0.358 e. The molecule has 24 heavy (non-hydrogen) atoms. The van der Waals surface area contributed by atoms with E-state index in [0.717, 1.165) is 10.2 Å². The first kappa shape index (κ1) is 16.3. The zero-order valence-corrected chi connectivity index (χ0v) is 14.7. The number of hydrogen-bond acceptors (Lipinski definition) is 5. The number of rotatable bonds is 4. The Kier molecular flexibility index (Phi) is 4.15. The Morgan fingerprint density at radius 1 is 1.42 bits per heavy atom. The van der Waals surface area contributed by atoms with Gasteiger partial charge in [0.25, 0.3) is 5.91 Å². The van der Waals surface area contributed by atoms with Gasteiger partial charge in [0.15, 0.2) is 5.69 Å². The van der Waals surface area contributed by atoms with Crippen molar-refractivity contribution >= 4 is 39.1 Å². The highest BCUT2D eigenvalue weighted by atomic mass is 32.1. The average Bonchev–Trinajstić information content (AvgIpc) is 3.20. The summed E-state index contributed by atoms with van der Waals surface area (Å²) in [5.74, 6) is -0.818. The van der Waals surface area contributed by atoms with Crippen LogP contribution >= 0.6 is 11.3 Å². The summed E-state index contributed by atoms with van der Waals surface area (Å²) in [7, 11) is 2.94. The fourth-order valence-corrected chi connectivity index (χ4v) is 3.64. The number of ether oxygens (including phenoxy) is 1. The molecule has 8 heteroatoms. The molecule has 0 spiro atoms. The van der Waals surface area contributed by atoms with E-state index in [9.17, 15) is 9.59 Å². The van der Waals surface area contributed by atoms with Gasteiger partial charge in [0.2, 0.25) is 0 Å². The molecule has 0 fully saturated rings. The van der Waals surface area contributed by atoms with Crippen LogP contribution < -0.4 is 5.32 Å². The number of carbonyl (C=O) groups is 2. The number of amides is 1. The number of esters is 1. The summed E-state index contributed by atoms with van der Waals surface area (Å²) in [6, 6.07) is 3.86. The summed E-state index contributed by atoms with van der Waals surface area (Å²) in [4.78, 5) is 24.7. The molecule has 0 saturated carbocycles. The molecule has 0 aliphatic rings. The van der Waals surface area contributed by atoms with Crippen molar-refractivity contribution in [3.63, 3.8) is 0 Å². The first-order chi connectivity index (χ1) is 11.5. The Morgan fingerprint density at radius 2 is 2.17 bits per heavy atom. The molecule has 1 N–H and O–H groups in total. The standard InChI is InChI=1S/C16H18N4O3S/c1-5-20-10-6-7-24-12(10)8-11(20)15(21)17-13-9(2)18-19(3)14(13)16(22)23-4/h6-8H,5H2,1-4H3,(H,17,21). The molecule has 0 aromatic carbocycles. The van der Waals surface area contributed by atoms with Crippen LogP contribution in [0.5, 0.6) is 0 Å². The van der Waals surface area contributed by atoms with E-state index in [2.05, 4.69) is 10.4 Å². The number of aryl methyl sites for hydroxylation is 3. The third kappa shape index (κ3) is 2.48. The van der Waals surface area contributed by atoms with Crippen LogP contribution in [0.1, 0.15) is 33.6 Å². The average molecular weight is 346 g/mol. The molecular weight excluding hydrogens is 328 g/mol. The van der Waals surface area contributed by atoms with E-state index >= 15 is 0 Å². The van der Waals surface area contributed by atoms with Gasteiger partial charge in [-0.25, -0.2) is 4.79 Å². The van der Waals surface area contributed by atoms with Crippen LogP contribution in [0.2, 0.25) is 0 Å². The molecule has 3 heterocycles. The first-order valence-electron chi connectivity index (χ1n) is 7.47. The maximum atomic E-state index is 12.8. The second-order valence-electron chi connectivity index (χ2n) is 5.32. The van der Waals surface area contributed by atoms with Crippen LogP contribution in [0.25, 0.3) is 10.2 Å². The molecule has 1 amide bonds. The maximum absolute atomic E-state index is 12.8. The van der Waals surface area contributed by atoms with E-state index in [-0.39, 0.29) is 11.6 Å². The lowest BCUT2D eigenvalue weighted by atomic mass is 10.2. The van der Waals surface area contributed by atoms with E-state index in [1.165, 1.54) is 11.8 Å². The van der Waals surface area contributed by atoms with Crippen molar-refractivity contribution in [2.24, 2.45) is 7.05 Å². The minimum Gasteiger partial charge on any atom is -0.464 e. The number of fused-ring (bicyclic) bond motifs is 1. The molecule has 3 rings (SSSR count). The number of anilines is 1. The second kappa shape index (κ2) is 6.12. The molecule has 0 aliphatic carbocycles. The molecule has 3 aromatic rings. The second-order valence-corrected chi connectivity index (χ2v) is 6.27. The monoisotopic (exact) mass is 346 g/mol. The molecule has 126 valence electrons. The van der Waals surface area contributed by atoms with Gasteiger partial charge in [0, 0.05) is 13.6 Å². The highest BCUT2D eigenvalue weighted by molar-refractivity contribution is 7.17. The number of methoxy groups -OCH3 is 1. The summed E-state index contributed by atoms with van der Waals surface area (Å²) >= 11 is 1.59. The predicted molar refractivity (Wildman–Crippen MR) is 92.7 cm³/mol. The Labute approximate surface area is 142 Å². The lowest BCUT2D eigenvalue weighted by Gasteiger charge is -2.09. The number of nitrogens with zero attached hydrogens (tertiary/aromatic N) is 3. The number of thiophene rings is 1. The van der Waals surface area contributed by atoms with Gasteiger partial charge >= 0.3 is 5.97 Å². The Balaban J connectivity index is 2.00. The Morgan fingerprint density at radius 3 is 2.83 bits per heavy atom. The van der Waals surface area contributed by atoms with Crippen molar-refractivity contribution in [2.75, 3.05) is 12.4 Å². The van der Waals surface area contributed by atoms with Gasteiger partial charge in [0.1, 0.15) is 5.69 Å². The van der Waals surface area contributed by atoms with Gasteiger partial charge in [-0.05, 0) is 31.4 Å². The molecule has 0 saturated heterocycles. The SMILES string of the molecule is CCn1c(C(=O)Nc2c(C)nn(C)c2C(=O)OC)cc2sccc21. The highest BCUT2D eigenvalue weighted by Gasteiger charge is 2.24. The minimum absolute atomic E-state index is 0.222. The number of aromatic nitrogens is 3. The predicted octanol–water partition coefficient (Wildman–Crippen LogP) is 2.80. The van der Waals surface area contributed by atoms with E-state index in [1.807, 2.05) is 29.0 Å². The zero-order chi connectivity index (χ0) is 17.4. The molecule has 3 aromatic heterocycles. The Hall–Kier alpha value is -2.61. The highest BCUT2D eigenvalue weighted by Crippen LogP contribution is 2.27. The summed E-state index contributed by atoms with van der Waals surface area (Å²) in [5.41, 5.74) is 2.74. The lowest BCUT2D eigenvalue weighted by Crippen LogP contribution is -2.19. The van der Waals surface area contributed by atoms with Crippen molar-refractivity contribution in [1.82, 2.24) is 14.3 Å². The van der Waals surface area contributed by atoms with Gasteiger partial charge in [-0.3, -0.25) is 9.48 Å². The molecule has 7 nitrogen and oxygen atoms in total. The molecule has 0 aliphatic heterocycles. The van der Waals surface area contributed by atoms with Crippen molar-refractivity contribution in [3.8, 4) is 0 Å². The molecule has 0 atom stereocenters. The quantitative estimate of drug-likeness (QED) is 0.737. The van der Waals surface area contributed by atoms with Crippen molar-refractivity contribution in [1.29, 1.82) is 0 Å². The van der Waals surface area contributed by atoms with Crippen LogP contribution in [-0.2, 0) is 18.3 Å². The number of carbonyl (C=O) groups excluding carboxylic acids is 2. The summed E-state index contributed by atoms with van der Waals surface area (Å²) in [5, 5.41) is 9.01. The molecule has 0 unspecified atom stereocenters. The van der Waals surface area contributed by atoms with Crippen LogP contribution in [-0.4, -0.2) is 33.3 Å². The van der Waals surface area contributed by atoms with Gasteiger partial charge in [-0.15, -0.1) is 11.3 Å². The third-order valence-electron chi connectivity index (χ3n) is 3.91. The van der Waals surface area contributed by atoms with E-state index < -0.39 is 5.97 Å². The topological polar surface area (TPSA) is 78.2 Å². The van der Waals surface area contributed by atoms with Gasteiger partial charge in [0.05, 0.1) is 28.7 Å². The van der Waals surface area contributed by atoms with Crippen molar-refractivity contribution in [3.05, 3.63) is 34.6 Å². The van der Waals surface area contributed by atoms with Crippen molar-refractivity contribution < 1.29 is 14.3 Å². The maximum Gasteiger partial charge on any atom is 0.358 e. The van der Waals surface area contributed by atoms with Gasteiger partial charge < -0.3 is 14.6 Å². The van der Waals surface area contributed by atoms with Crippen molar-refractivity contribution in [2.45, 2.75) is 20.4 Å². The van der Waals surface area contributed by atoms with E-state index in [4.69, 9.17) is 4.74 Å². The van der Waals surface area contributed by atoms with Crippen LogP contribution in [0.15, 0.2) is 17.5 Å². The largest absolute Gasteiger partial charge is 0.464 e. The van der Waals surface area contributed by atoms with E-state index in [0.29, 0.717) is 23.6 Å². The molecule has 0 radical (unpaired) electrons. The van der Waals surface area contributed by atoms with E-state index in [1.54, 1.807) is 25.3 Å². The Bertz CT molecular complexity index is 935. The summed E-state index contributed by atoms with van der Waals surface area (Å²) in [6.07, 6.45) is 0. The zero-order valence-electron chi connectivity index (χ0n) is 13.9. The number of hydrogen-bond donors (Lipinski definition) is 1. The van der Waals surface area contributed by atoms with Crippen LogP contribution in [0.4, 0.5) is 5.69 Å². The lowest BCUT2D eigenvalue weighted by molar-refractivity contribution is 0.0589. The minimum atomic E-state index is -0.541.